The van der Waals surface area contributed by atoms with E-state index in [-0.39, 0.29) is 31.1 Å². The zero-order valence-corrected chi connectivity index (χ0v) is 48.7. The van der Waals surface area contributed by atoms with E-state index in [2.05, 4.69) is 81.5 Å². The van der Waals surface area contributed by atoms with Crippen molar-refractivity contribution in [2.24, 2.45) is 0 Å². The lowest BCUT2D eigenvalue weighted by Gasteiger charge is -2.18. The van der Waals surface area contributed by atoms with E-state index in [4.69, 9.17) is 14.2 Å². The van der Waals surface area contributed by atoms with E-state index in [0.29, 0.717) is 19.3 Å². The third-order valence-electron chi connectivity index (χ3n) is 14.0. The fraction of sp³-hybridized carbons (Fsp3) is 0.806. The van der Waals surface area contributed by atoms with Crippen LogP contribution in [0.25, 0.3) is 0 Å². The van der Waals surface area contributed by atoms with Crippen molar-refractivity contribution in [3.8, 4) is 0 Å². The maximum absolute atomic E-state index is 12.8. The van der Waals surface area contributed by atoms with Gasteiger partial charge in [-0.2, -0.15) is 0 Å². The first-order chi connectivity index (χ1) is 36.0. The lowest BCUT2D eigenvalue weighted by Crippen LogP contribution is -2.30. The number of esters is 3. The molecule has 1 unspecified atom stereocenters. The topological polar surface area (TPSA) is 78.9 Å². The predicted octanol–water partition coefficient (Wildman–Crippen LogP) is 21.6. The second-order valence-corrected chi connectivity index (χ2v) is 21.3. The third-order valence-corrected chi connectivity index (χ3v) is 14.0. The van der Waals surface area contributed by atoms with Crippen LogP contribution >= 0.6 is 0 Å². The van der Waals surface area contributed by atoms with E-state index in [1.165, 1.54) is 199 Å². The second kappa shape index (κ2) is 61.7. The van der Waals surface area contributed by atoms with E-state index >= 15 is 0 Å². The summed E-state index contributed by atoms with van der Waals surface area (Å²) in [5.74, 6) is -0.872. The SMILES string of the molecule is CC/C=C\C/C=C\C/C=C\C/C=C\CCCCCCCCCCCCCCCCCCCCCCC(=O)OCC(COC(=O)CCCCCCCCC)OC(=O)CCCCCCC/C=C\CCCCCCCC. The molecule has 0 rings (SSSR count). The summed E-state index contributed by atoms with van der Waals surface area (Å²) in [4.78, 5) is 38.0. The van der Waals surface area contributed by atoms with Gasteiger partial charge in [-0.3, -0.25) is 14.4 Å². The summed E-state index contributed by atoms with van der Waals surface area (Å²) in [6.07, 6.45) is 78.4. The average molecular weight is 1020 g/mol. The van der Waals surface area contributed by atoms with Crippen LogP contribution in [0.2, 0.25) is 0 Å². The largest absolute Gasteiger partial charge is 0.462 e. The summed E-state index contributed by atoms with van der Waals surface area (Å²) < 4.78 is 16.8. The minimum Gasteiger partial charge on any atom is -0.462 e. The van der Waals surface area contributed by atoms with Crippen LogP contribution in [0.1, 0.15) is 329 Å². The molecule has 0 amide bonds. The number of carbonyl (C=O) groups excluding carboxylic acids is 3. The van der Waals surface area contributed by atoms with Gasteiger partial charge in [-0.15, -0.1) is 0 Å². The molecule has 1 atom stereocenters. The molecule has 0 spiro atoms. The van der Waals surface area contributed by atoms with Crippen LogP contribution in [-0.4, -0.2) is 37.2 Å². The number of allylic oxidation sites excluding steroid dienone is 10. The van der Waals surface area contributed by atoms with Gasteiger partial charge >= 0.3 is 17.9 Å². The molecule has 0 saturated heterocycles. The lowest BCUT2D eigenvalue weighted by molar-refractivity contribution is -0.167. The molecule has 0 aromatic carbocycles. The first-order valence-electron chi connectivity index (χ1n) is 31.8. The highest BCUT2D eigenvalue weighted by Gasteiger charge is 2.19. The molecular weight excluding hydrogens is 901 g/mol. The van der Waals surface area contributed by atoms with Crippen LogP contribution in [0.15, 0.2) is 60.8 Å². The number of rotatable bonds is 58. The van der Waals surface area contributed by atoms with Gasteiger partial charge in [0.25, 0.3) is 0 Å². The van der Waals surface area contributed by atoms with Crippen molar-refractivity contribution in [1.82, 2.24) is 0 Å². The first kappa shape index (κ1) is 70.1. The highest BCUT2D eigenvalue weighted by atomic mass is 16.6. The Morgan fingerprint density at radius 2 is 0.534 bits per heavy atom. The number of ether oxygens (including phenoxy) is 3. The highest BCUT2D eigenvalue weighted by molar-refractivity contribution is 5.71. The standard InChI is InChI=1S/C67H120O6/c1-4-7-10-13-16-18-20-22-24-25-26-27-28-29-30-31-32-33-34-35-36-37-38-39-40-41-43-44-46-48-51-54-57-60-66(69)72-63-64(62-71-65(68)59-56-53-50-15-12-9-6-3)73-67(70)61-58-55-52-49-47-45-42-23-21-19-17-14-11-8-5-2/h7,10,16,18,22-24,26-27,42,64H,4-6,8-9,11-15,17,19-21,25,28-41,43-63H2,1-3H3/b10-7-,18-16-,24-22-,27-26-,42-23-. The average Bonchev–Trinajstić information content (AvgIpc) is 3.39. The Balaban J connectivity index is 3.97. The monoisotopic (exact) mass is 1020 g/mol. The van der Waals surface area contributed by atoms with Crippen LogP contribution in [0.4, 0.5) is 0 Å². The normalized spacial score (nSPS) is 12.4. The molecule has 73 heavy (non-hydrogen) atoms. The molecule has 0 aliphatic rings. The van der Waals surface area contributed by atoms with Crippen molar-refractivity contribution >= 4 is 17.9 Å². The van der Waals surface area contributed by atoms with Gasteiger partial charge in [0.05, 0.1) is 0 Å². The first-order valence-corrected chi connectivity index (χ1v) is 31.8. The summed E-state index contributed by atoms with van der Waals surface area (Å²) in [5, 5.41) is 0. The summed E-state index contributed by atoms with van der Waals surface area (Å²) in [5.41, 5.74) is 0. The van der Waals surface area contributed by atoms with Crippen LogP contribution in [0, 0.1) is 0 Å². The second-order valence-electron chi connectivity index (χ2n) is 21.3. The van der Waals surface area contributed by atoms with Gasteiger partial charge in [0.15, 0.2) is 6.10 Å². The zero-order chi connectivity index (χ0) is 52.9. The number of hydrogen-bond acceptors (Lipinski definition) is 6. The van der Waals surface area contributed by atoms with E-state index in [1.54, 1.807) is 0 Å². The van der Waals surface area contributed by atoms with Crippen molar-refractivity contribution in [3.05, 3.63) is 60.8 Å². The molecule has 0 radical (unpaired) electrons. The Morgan fingerprint density at radius 3 is 0.849 bits per heavy atom. The Morgan fingerprint density at radius 1 is 0.288 bits per heavy atom. The van der Waals surface area contributed by atoms with Gasteiger partial charge in [0, 0.05) is 19.3 Å². The maximum Gasteiger partial charge on any atom is 0.306 e. The molecule has 6 heteroatoms. The molecule has 0 N–H and O–H groups in total. The summed E-state index contributed by atoms with van der Waals surface area (Å²) in [7, 11) is 0. The van der Waals surface area contributed by atoms with Gasteiger partial charge in [-0.1, -0.05) is 287 Å². The molecule has 0 saturated carbocycles. The summed E-state index contributed by atoms with van der Waals surface area (Å²) in [6.45, 7) is 6.51. The molecule has 0 aliphatic heterocycles. The third kappa shape index (κ3) is 59.9. The van der Waals surface area contributed by atoms with Gasteiger partial charge in [0.1, 0.15) is 13.2 Å². The van der Waals surface area contributed by atoms with Crippen molar-refractivity contribution in [2.75, 3.05) is 13.2 Å². The Hall–Kier alpha value is -2.89. The fourth-order valence-corrected chi connectivity index (χ4v) is 9.25. The van der Waals surface area contributed by atoms with E-state index in [0.717, 1.165) is 89.9 Å². The molecule has 6 nitrogen and oxygen atoms in total. The molecule has 0 aliphatic carbocycles. The molecule has 0 fully saturated rings. The minimum atomic E-state index is -0.772. The molecular formula is C67H120O6. The molecule has 0 bridgehead atoms. The molecule has 0 aromatic heterocycles. The minimum absolute atomic E-state index is 0.0725. The Labute approximate surface area is 453 Å². The highest BCUT2D eigenvalue weighted by Crippen LogP contribution is 2.17. The Kier molecular flexibility index (Phi) is 59.2. The molecule has 424 valence electrons. The molecule has 0 heterocycles. The number of hydrogen-bond donors (Lipinski definition) is 0. The predicted molar refractivity (Wildman–Crippen MR) is 316 cm³/mol. The number of unbranched alkanes of at least 4 members (excludes halogenated alkanes) is 37. The zero-order valence-electron chi connectivity index (χ0n) is 48.7. The molecule has 0 aromatic rings. The van der Waals surface area contributed by atoms with Crippen LogP contribution < -0.4 is 0 Å². The van der Waals surface area contributed by atoms with Gasteiger partial charge in [-0.05, 0) is 83.5 Å². The van der Waals surface area contributed by atoms with Crippen LogP contribution in [0.3, 0.4) is 0 Å². The van der Waals surface area contributed by atoms with Gasteiger partial charge < -0.3 is 14.2 Å². The van der Waals surface area contributed by atoms with E-state index < -0.39 is 6.10 Å². The van der Waals surface area contributed by atoms with Crippen molar-refractivity contribution in [1.29, 1.82) is 0 Å². The van der Waals surface area contributed by atoms with E-state index in [9.17, 15) is 14.4 Å². The lowest BCUT2D eigenvalue weighted by atomic mass is 10.0. The summed E-state index contributed by atoms with van der Waals surface area (Å²) in [6, 6.07) is 0. The van der Waals surface area contributed by atoms with Crippen molar-refractivity contribution in [3.63, 3.8) is 0 Å². The smallest absolute Gasteiger partial charge is 0.306 e. The number of carbonyl (C=O) groups is 3. The van der Waals surface area contributed by atoms with Crippen LogP contribution in [0.5, 0.6) is 0 Å². The maximum atomic E-state index is 12.8. The van der Waals surface area contributed by atoms with Gasteiger partial charge in [0.2, 0.25) is 0 Å². The quantitative estimate of drug-likeness (QED) is 0.0261. The van der Waals surface area contributed by atoms with Crippen LogP contribution in [-0.2, 0) is 28.6 Å². The summed E-state index contributed by atoms with van der Waals surface area (Å²) >= 11 is 0. The Bertz CT molecular complexity index is 1310. The van der Waals surface area contributed by atoms with Crippen molar-refractivity contribution < 1.29 is 28.6 Å². The van der Waals surface area contributed by atoms with E-state index in [1.807, 2.05) is 0 Å². The van der Waals surface area contributed by atoms with Crippen molar-refractivity contribution in [2.45, 2.75) is 335 Å². The fourth-order valence-electron chi connectivity index (χ4n) is 9.25. The van der Waals surface area contributed by atoms with Gasteiger partial charge in [-0.25, -0.2) is 0 Å².